The molecule has 1 aromatic heterocycles. The third-order valence-corrected chi connectivity index (χ3v) is 2.67. The van der Waals surface area contributed by atoms with E-state index >= 15 is 0 Å². The lowest BCUT2D eigenvalue weighted by Gasteiger charge is -2.07. The van der Waals surface area contributed by atoms with Gasteiger partial charge in [-0.2, -0.15) is 0 Å². The molecule has 0 saturated heterocycles. The van der Waals surface area contributed by atoms with Crippen LogP contribution in [0.15, 0.2) is 32.8 Å². The zero-order valence-electron chi connectivity index (χ0n) is 11.3. The Labute approximate surface area is 118 Å². The molecule has 110 valence electrons. The fraction of sp³-hybridized carbons (Fsp3) is 0.154. The molecule has 0 aliphatic rings. The minimum Gasteiger partial charge on any atom is -0.494 e. The molecule has 0 saturated carbocycles. The van der Waals surface area contributed by atoms with Crippen LogP contribution in [0.5, 0.6) is 17.4 Å². The summed E-state index contributed by atoms with van der Waals surface area (Å²) in [5.74, 6) is 0.473. The van der Waals surface area contributed by atoms with Crippen LogP contribution >= 0.6 is 0 Å². The van der Waals surface area contributed by atoms with E-state index in [4.69, 9.17) is 9.47 Å². The van der Waals surface area contributed by atoms with E-state index in [1.807, 2.05) is 4.98 Å². The topological polar surface area (TPSA) is 117 Å². The van der Waals surface area contributed by atoms with Crippen LogP contribution in [0.25, 0.3) is 0 Å². The van der Waals surface area contributed by atoms with Gasteiger partial charge in [0.1, 0.15) is 5.56 Å². The number of methoxy groups -OCH3 is 2. The van der Waals surface area contributed by atoms with Crippen LogP contribution in [-0.4, -0.2) is 35.5 Å². The number of H-pyrrole nitrogens is 2. The Morgan fingerprint density at radius 2 is 1.86 bits per heavy atom. The maximum absolute atomic E-state index is 11.5. The van der Waals surface area contributed by atoms with Crippen LogP contribution < -0.4 is 20.7 Å². The molecule has 1 aromatic carbocycles. The predicted octanol–water partition coefficient (Wildman–Crippen LogP) is 0.537. The monoisotopic (exact) mass is 291 g/mol. The lowest BCUT2D eigenvalue weighted by molar-refractivity contribution is 0.355. The van der Waals surface area contributed by atoms with Crippen LogP contribution in [-0.2, 0) is 0 Å². The number of nitrogens with one attached hydrogen (secondary N) is 2. The Morgan fingerprint density at radius 3 is 2.48 bits per heavy atom. The molecule has 1 heterocycles. The number of ether oxygens (including phenoxy) is 2. The van der Waals surface area contributed by atoms with Crippen molar-refractivity contribution < 1.29 is 14.6 Å². The summed E-state index contributed by atoms with van der Waals surface area (Å²) in [4.78, 5) is 30.6. The highest BCUT2D eigenvalue weighted by Gasteiger charge is 2.07. The van der Waals surface area contributed by atoms with Crippen LogP contribution in [0, 0.1) is 0 Å². The van der Waals surface area contributed by atoms with Gasteiger partial charge in [0.25, 0.3) is 5.56 Å². The van der Waals surface area contributed by atoms with Gasteiger partial charge < -0.3 is 14.6 Å². The fourth-order valence-electron chi connectivity index (χ4n) is 1.65. The number of benzene rings is 1. The van der Waals surface area contributed by atoms with Gasteiger partial charge in [-0.1, -0.05) is 0 Å². The van der Waals surface area contributed by atoms with Crippen LogP contribution in [0.1, 0.15) is 5.56 Å². The van der Waals surface area contributed by atoms with Crippen molar-refractivity contribution in [3.8, 4) is 17.4 Å². The minimum atomic E-state index is -0.791. The standard InChI is InChI=1S/C13H13N3O5/c1-20-9-4-3-7(5-10(9)21-2)14-6-8-11(17)15-13(19)16-12(8)18/h3-6H,1-2H3,(H3,15,16,17,18,19). The summed E-state index contributed by atoms with van der Waals surface area (Å²) < 4.78 is 10.2. The number of aromatic amines is 2. The number of hydrogen-bond acceptors (Lipinski definition) is 6. The summed E-state index contributed by atoms with van der Waals surface area (Å²) in [6.07, 6.45) is 1.14. The van der Waals surface area contributed by atoms with Gasteiger partial charge in [0.2, 0.25) is 5.88 Å². The van der Waals surface area contributed by atoms with Gasteiger partial charge in [0, 0.05) is 12.3 Å². The van der Waals surface area contributed by atoms with Gasteiger partial charge in [-0.25, -0.2) is 4.79 Å². The normalized spacial score (nSPS) is 10.8. The van der Waals surface area contributed by atoms with Crippen LogP contribution in [0.4, 0.5) is 5.69 Å². The molecule has 0 aliphatic heterocycles. The van der Waals surface area contributed by atoms with Gasteiger partial charge in [-0.05, 0) is 12.1 Å². The van der Waals surface area contributed by atoms with Gasteiger partial charge in [-0.3, -0.25) is 19.8 Å². The number of aromatic nitrogens is 2. The maximum Gasteiger partial charge on any atom is 0.328 e. The Kier molecular flexibility index (Phi) is 4.07. The molecule has 0 amide bonds. The molecule has 0 radical (unpaired) electrons. The van der Waals surface area contributed by atoms with E-state index in [1.54, 1.807) is 18.2 Å². The number of hydrogen-bond donors (Lipinski definition) is 3. The Bertz CT molecular complexity index is 791. The average Bonchev–Trinajstić information content (AvgIpc) is 2.45. The molecule has 8 nitrogen and oxygen atoms in total. The predicted molar refractivity (Wildman–Crippen MR) is 76.1 cm³/mol. The molecule has 0 fully saturated rings. The summed E-state index contributed by atoms with van der Waals surface area (Å²) >= 11 is 0. The SMILES string of the molecule is COc1ccc(N=Cc2c(O)[nH]c(=O)[nH]c2=O)cc1OC. The van der Waals surface area contributed by atoms with Crippen molar-refractivity contribution in [1.82, 2.24) is 9.97 Å². The minimum absolute atomic E-state index is 0.149. The number of nitrogens with zero attached hydrogens (tertiary/aromatic N) is 1. The fourth-order valence-corrected chi connectivity index (χ4v) is 1.65. The van der Waals surface area contributed by atoms with E-state index < -0.39 is 17.1 Å². The summed E-state index contributed by atoms with van der Waals surface area (Å²) in [7, 11) is 3.00. The van der Waals surface area contributed by atoms with Crippen molar-refractivity contribution in [2.75, 3.05) is 14.2 Å². The van der Waals surface area contributed by atoms with Crippen molar-refractivity contribution in [3.05, 3.63) is 44.6 Å². The maximum atomic E-state index is 11.5. The molecular weight excluding hydrogens is 278 g/mol. The molecule has 8 heteroatoms. The number of aromatic hydroxyl groups is 1. The molecular formula is C13H13N3O5. The van der Waals surface area contributed by atoms with E-state index in [1.165, 1.54) is 14.2 Å². The van der Waals surface area contributed by atoms with Crippen LogP contribution in [0.2, 0.25) is 0 Å². The third-order valence-electron chi connectivity index (χ3n) is 2.67. The summed E-state index contributed by atoms with van der Waals surface area (Å²) in [5.41, 5.74) is -1.19. The smallest absolute Gasteiger partial charge is 0.328 e. The first-order valence-corrected chi connectivity index (χ1v) is 5.87. The molecule has 0 unspecified atom stereocenters. The van der Waals surface area contributed by atoms with E-state index in [0.717, 1.165) is 6.21 Å². The van der Waals surface area contributed by atoms with Gasteiger partial charge in [0.05, 0.1) is 19.9 Å². The van der Waals surface area contributed by atoms with E-state index in [2.05, 4.69) is 9.98 Å². The third kappa shape index (κ3) is 3.11. The largest absolute Gasteiger partial charge is 0.494 e. The van der Waals surface area contributed by atoms with Crippen molar-refractivity contribution in [2.45, 2.75) is 0 Å². The van der Waals surface area contributed by atoms with Gasteiger partial charge in [0.15, 0.2) is 11.5 Å². The number of aliphatic imine (C=N–C) groups is 1. The van der Waals surface area contributed by atoms with Gasteiger partial charge in [-0.15, -0.1) is 0 Å². The molecule has 0 atom stereocenters. The van der Waals surface area contributed by atoms with E-state index in [-0.39, 0.29) is 5.56 Å². The molecule has 21 heavy (non-hydrogen) atoms. The highest BCUT2D eigenvalue weighted by atomic mass is 16.5. The van der Waals surface area contributed by atoms with Crippen molar-refractivity contribution in [2.24, 2.45) is 4.99 Å². The van der Waals surface area contributed by atoms with Crippen molar-refractivity contribution >= 4 is 11.9 Å². The first kappa shape index (κ1) is 14.4. The highest BCUT2D eigenvalue weighted by Crippen LogP contribution is 2.30. The second-order valence-electron chi connectivity index (χ2n) is 3.97. The zero-order chi connectivity index (χ0) is 15.4. The van der Waals surface area contributed by atoms with E-state index in [0.29, 0.717) is 17.2 Å². The molecule has 3 N–H and O–H groups in total. The first-order chi connectivity index (χ1) is 10.0. The van der Waals surface area contributed by atoms with Crippen molar-refractivity contribution in [3.63, 3.8) is 0 Å². The molecule has 2 rings (SSSR count). The first-order valence-electron chi connectivity index (χ1n) is 5.87. The molecule has 0 spiro atoms. The Morgan fingerprint density at radius 1 is 1.14 bits per heavy atom. The lowest BCUT2D eigenvalue weighted by atomic mass is 10.2. The second-order valence-corrected chi connectivity index (χ2v) is 3.97. The van der Waals surface area contributed by atoms with E-state index in [9.17, 15) is 14.7 Å². The molecule has 0 bridgehead atoms. The summed E-state index contributed by atoms with van der Waals surface area (Å²) in [5, 5.41) is 9.52. The van der Waals surface area contributed by atoms with Crippen molar-refractivity contribution in [1.29, 1.82) is 0 Å². The number of rotatable bonds is 4. The average molecular weight is 291 g/mol. The molecule has 0 aliphatic carbocycles. The van der Waals surface area contributed by atoms with Crippen LogP contribution in [0.3, 0.4) is 0 Å². The lowest BCUT2D eigenvalue weighted by Crippen LogP contribution is -2.24. The Hall–Kier alpha value is -3.03. The quantitative estimate of drug-likeness (QED) is 0.711. The molecule has 2 aromatic rings. The second kappa shape index (κ2) is 5.95. The van der Waals surface area contributed by atoms with Gasteiger partial charge >= 0.3 is 5.69 Å². The highest BCUT2D eigenvalue weighted by molar-refractivity contribution is 5.84. The summed E-state index contributed by atoms with van der Waals surface area (Å²) in [6, 6.07) is 4.91. The summed E-state index contributed by atoms with van der Waals surface area (Å²) in [6.45, 7) is 0. The Balaban J connectivity index is 2.38. The zero-order valence-corrected chi connectivity index (χ0v) is 11.3.